The van der Waals surface area contributed by atoms with Crippen LogP contribution in [-0.2, 0) is 34.2 Å². The molecule has 0 spiro atoms. The van der Waals surface area contributed by atoms with Crippen molar-refractivity contribution in [1.82, 2.24) is 10.2 Å². The van der Waals surface area contributed by atoms with Crippen LogP contribution in [0.25, 0.3) is 0 Å². The first-order chi connectivity index (χ1) is 18.7. The lowest BCUT2D eigenvalue weighted by Crippen LogP contribution is -2.59. The number of carbonyl (C=O) groups is 5. The number of amides is 3. The zero-order valence-electron chi connectivity index (χ0n) is 23.2. The molecule has 0 bridgehead atoms. The van der Waals surface area contributed by atoms with Crippen LogP contribution in [0.5, 0.6) is 0 Å². The van der Waals surface area contributed by atoms with E-state index in [-0.39, 0.29) is 12.0 Å². The maximum Gasteiger partial charge on any atom is 0.334 e. The Morgan fingerprint density at radius 3 is 2.05 bits per heavy atom. The molecule has 2 aromatic rings. The fourth-order valence-electron chi connectivity index (χ4n) is 5.24. The number of nitrogens with two attached hydrogens (primary N) is 1. The van der Waals surface area contributed by atoms with Crippen LogP contribution in [0.15, 0.2) is 60.7 Å². The monoisotopic (exact) mass is 553 g/mol. The summed E-state index contributed by atoms with van der Waals surface area (Å²) in [6.07, 6.45) is -0.959. The van der Waals surface area contributed by atoms with Crippen LogP contribution in [0.4, 0.5) is 4.79 Å². The number of esters is 2. The Kier molecular flexibility index (Phi) is 8.57. The lowest BCUT2D eigenvalue weighted by atomic mass is 9.85. The zero-order valence-corrected chi connectivity index (χ0v) is 23.2. The van der Waals surface area contributed by atoms with Gasteiger partial charge in [0.15, 0.2) is 5.54 Å². The number of rotatable bonds is 8. The van der Waals surface area contributed by atoms with E-state index in [4.69, 9.17) is 15.2 Å². The number of urea groups is 1. The lowest BCUT2D eigenvalue weighted by molar-refractivity contribution is -0.172. The average molecular weight is 554 g/mol. The minimum atomic E-state index is -2.27. The summed E-state index contributed by atoms with van der Waals surface area (Å²) >= 11 is 0. The Bertz CT molecular complexity index is 1280. The van der Waals surface area contributed by atoms with Crippen molar-refractivity contribution in [1.29, 1.82) is 0 Å². The maximum atomic E-state index is 14.4. The predicted molar refractivity (Wildman–Crippen MR) is 143 cm³/mol. The molecule has 2 aromatic carbocycles. The van der Waals surface area contributed by atoms with Gasteiger partial charge in [-0.25, -0.2) is 14.4 Å². The molecule has 1 fully saturated rings. The third kappa shape index (κ3) is 5.93. The highest BCUT2D eigenvalue weighted by Crippen LogP contribution is 2.49. The van der Waals surface area contributed by atoms with Crippen molar-refractivity contribution in [2.75, 3.05) is 7.11 Å². The highest BCUT2D eigenvalue weighted by molar-refractivity contribution is 5.96. The molecule has 4 atom stereocenters. The van der Waals surface area contributed by atoms with Crippen LogP contribution in [0.2, 0.25) is 0 Å². The van der Waals surface area contributed by atoms with E-state index in [1.54, 1.807) is 69.3 Å². The second-order valence-corrected chi connectivity index (χ2v) is 11.0. The first-order valence-corrected chi connectivity index (χ1v) is 12.7. The lowest BCUT2D eigenvalue weighted by Gasteiger charge is -2.40. The fourth-order valence-corrected chi connectivity index (χ4v) is 5.24. The van der Waals surface area contributed by atoms with Crippen molar-refractivity contribution < 1.29 is 38.6 Å². The minimum Gasteiger partial charge on any atom is -0.479 e. The van der Waals surface area contributed by atoms with Gasteiger partial charge in [0.05, 0.1) is 25.5 Å². The summed E-state index contributed by atoms with van der Waals surface area (Å²) in [7, 11) is 1.21. The van der Waals surface area contributed by atoms with Crippen LogP contribution in [0, 0.1) is 5.92 Å². The smallest absolute Gasteiger partial charge is 0.334 e. The molecule has 4 unspecified atom stereocenters. The number of nitrogens with zero attached hydrogens (tertiary/aromatic N) is 1. The van der Waals surface area contributed by atoms with E-state index < -0.39 is 64.9 Å². The minimum absolute atomic E-state index is 0.0913. The Morgan fingerprint density at radius 1 is 1.02 bits per heavy atom. The van der Waals surface area contributed by atoms with Gasteiger partial charge in [0.25, 0.3) is 0 Å². The number of ether oxygens (including phenoxy) is 2. The molecule has 0 saturated carbocycles. The molecule has 214 valence electrons. The third-order valence-corrected chi connectivity index (χ3v) is 6.95. The molecule has 4 N–H and O–H groups in total. The maximum absolute atomic E-state index is 14.4. The van der Waals surface area contributed by atoms with Crippen LogP contribution in [0.1, 0.15) is 57.7 Å². The third-order valence-electron chi connectivity index (χ3n) is 6.95. The Labute approximate surface area is 232 Å². The molecule has 0 radical (unpaired) electrons. The zero-order chi connectivity index (χ0) is 29.9. The van der Waals surface area contributed by atoms with Crippen LogP contribution in [-0.4, -0.2) is 58.1 Å². The summed E-state index contributed by atoms with van der Waals surface area (Å²) in [5.74, 6) is -4.77. The van der Waals surface area contributed by atoms with E-state index in [2.05, 4.69) is 5.32 Å². The average Bonchev–Trinajstić information content (AvgIpc) is 3.22. The number of methoxy groups -OCH3 is 1. The van der Waals surface area contributed by atoms with Gasteiger partial charge in [-0.1, -0.05) is 60.7 Å². The quantitative estimate of drug-likeness (QED) is 0.420. The van der Waals surface area contributed by atoms with Gasteiger partial charge in [-0.3, -0.25) is 9.59 Å². The highest BCUT2D eigenvalue weighted by atomic mass is 16.6. The van der Waals surface area contributed by atoms with Gasteiger partial charge in [0, 0.05) is 0 Å². The van der Waals surface area contributed by atoms with Crippen molar-refractivity contribution in [2.45, 2.75) is 63.3 Å². The number of carbonyl (C=O) groups excluding carboxylic acids is 4. The summed E-state index contributed by atoms with van der Waals surface area (Å²) in [6, 6.07) is 14.1. The molecule has 40 heavy (non-hydrogen) atoms. The molecule has 1 saturated heterocycles. The standard InChI is InChI=1S/C29H35N3O8/c1-27(2,3)40-25(37)28(4)16-20(23(34)39-5)22(18-12-8-6-9-13-18)32(28)21(33)17-29(24(35)36,31-26(30)38)19-14-10-7-11-15-19/h6-15,20,22H,16-17H2,1-5H3,(H,35,36)(H3,30,31,38). The van der Waals surface area contributed by atoms with Crippen LogP contribution < -0.4 is 11.1 Å². The largest absolute Gasteiger partial charge is 0.479 e. The van der Waals surface area contributed by atoms with E-state index in [1.807, 2.05) is 0 Å². The van der Waals surface area contributed by atoms with Gasteiger partial charge >= 0.3 is 23.9 Å². The number of likely N-dealkylation sites (tertiary alicyclic amines) is 1. The number of carboxylic acid groups (broad SMARTS) is 1. The Morgan fingerprint density at radius 2 is 1.57 bits per heavy atom. The second kappa shape index (κ2) is 11.4. The number of nitrogens with one attached hydrogen (secondary N) is 1. The van der Waals surface area contributed by atoms with Crippen molar-refractivity contribution in [3.63, 3.8) is 0 Å². The van der Waals surface area contributed by atoms with Gasteiger partial charge in [-0.2, -0.15) is 0 Å². The van der Waals surface area contributed by atoms with E-state index >= 15 is 0 Å². The fraction of sp³-hybridized carbons (Fsp3) is 0.414. The molecule has 0 aliphatic carbocycles. The first kappa shape index (κ1) is 30.1. The molecule has 3 amide bonds. The predicted octanol–water partition coefficient (Wildman–Crippen LogP) is 2.89. The molecular formula is C29H35N3O8. The van der Waals surface area contributed by atoms with E-state index in [1.165, 1.54) is 31.1 Å². The van der Waals surface area contributed by atoms with Gasteiger partial charge in [0.1, 0.15) is 11.1 Å². The number of primary amides is 1. The van der Waals surface area contributed by atoms with Crippen molar-refractivity contribution in [3.8, 4) is 0 Å². The molecule has 0 aromatic heterocycles. The SMILES string of the molecule is COC(=O)C1CC(C)(C(=O)OC(C)(C)C)N(C(=O)CC(NC(N)=O)(C(=O)O)c2ccccc2)C1c1ccccc1. The van der Waals surface area contributed by atoms with Crippen LogP contribution >= 0.6 is 0 Å². The van der Waals surface area contributed by atoms with Crippen molar-refractivity contribution in [3.05, 3.63) is 71.8 Å². The topological polar surface area (TPSA) is 165 Å². The molecule has 11 nitrogen and oxygen atoms in total. The number of hydrogen-bond acceptors (Lipinski definition) is 7. The summed E-state index contributed by atoms with van der Waals surface area (Å²) < 4.78 is 10.7. The number of benzene rings is 2. The Hall–Kier alpha value is -4.41. The number of carboxylic acids is 1. The summed E-state index contributed by atoms with van der Waals surface area (Å²) in [5.41, 5.74) is 1.10. The number of hydrogen-bond donors (Lipinski definition) is 3. The summed E-state index contributed by atoms with van der Waals surface area (Å²) in [4.78, 5) is 67.1. The molecule has 1 aliphatic rings. The highest BCUT2D eigenvalue weighted by Gasteiger charge is 2.60. The molecule has 1 aliphatic heterocycles. The van der Waals surface area contributed by atoms with E-state index in [9.17, 15) is 29.1 Å². The van der Waals surface area contributed by atoms with Crippen molar-refractivity contribution in [2.24, 2.45) is 11.7 Å². The van der Waals surface area contributed by atoms with Gasteiger partial charge in [-0.05, 0) is 45.2 Å². The molecule has 3 rings (SSSR count). The summed E-state index contributed by atoms with van der Waals surface area (Å²) in [5, 5.41) is 12.6. The second-order valence-electron chi connectivity index (χ2n) is 11.0. The van der Waals surface area contributed by atoms with Gasteiger partial charge in [0.2, 0.25) is 5.91 Å². The number of aliphatic carboxylic acids is 1. The normalized spacial score (nSPS) is 22.1. The molecule has 11 heteroatoms. The van der Waals surface area contributed by atoms with Crippen molar-refractivity contribution >= 4 is 29.8 Å². The summed E-state index contributed by atoms with van der Waals surface area (Å²) in [6.45, 7) is 6.49. The molecular weight excluding hydrogens is 518 g/mol. The molecule has 1 heterocycles. The van der Waals surface area contributed by atoms with Crippen LogP contribution in [0.3, 0.4) is 0 Å². The van der Waals surface area contributed by atoms with E-state index in [0.29, 0.717) is 5.56 Å². The van der Waals surface area contributed by atoms with E-state index in [0.717, 1.165) is 0 Å². The van der Waals surface area contributed by atoms with Gasteiger partial charge < -0.3 is 30.5 Å². The van der Waals surface area contributed by atoms with Gasteiger partial charge in [-0.15, -0.1) is 0 Å². The Balaban J connectivity index is 2.24. The first-order valence-electron chi connectivity index (χ1n) is 12.7.